The van der Waals surface area contributed by atoms with E-state index >= 15 is 0 Å². The quantitative estimate of drug-likeness (QED) is 0.490. The van der Waals surface area contributed by atoms with Gasteiger partial charge in [-0.15, -0.1) is 5.10 Å². The van der Waals surface area contributed by atoms with Gasteiger partial charge in [-0.2, -0.15) is 0 Å². The van der Waals surface area contributed by atoms with E-state index in [1.807, 2.05) is 24.3 Å². The number of fused-ring (bicyclic) bond motifs is 1. The molecule has 1 heterocycles. The fourth-order valence-corrected chi connectivity index (χ4v) is 2.34. The van der Waals surface area contributed by atoms with E-state index in [-0.39, 0.29) is 23.4 Å². The number of nitrogens with zero attached hydrogens (tertiary/aromatic N) is 3. The Labute approximate surface area is 148 Å². The maximum atomic E-state index is 13.5. The highest BCUT2D eigenvalue weighted by molar-refractivity contribution is 7.80. The number of carbonyl (C=O) groups excluding carboxylic acids is 1. The van der Waals surface area contributed by atoms with Crippen LogP contribution in [0.3, 0.4) is 0 Å². The van der Waals surface area contributed by atoms with Crippen molar-refractivity contribution < 1.29 is 9.18 Å². The van der Waals surface area contributed by atoms with Crippen molar-refractivity contribution in [3.63, 3.8) is 0 Å². The number of benzene rings is 2. The second-order valence-corrected chi connectivity index (χ2v) is 5.74. The predicted molar refractivity (Wildman–Crippen MR) is 96.2 cm³/mol. The molecule has 9 heteroatoms. The first-order valence-electron chi connectivity index (χ1n) is 7.43. The molecule has 0 atom stereocenters. The molecule has 3 rings (SSSR count). The van der Waals surface area contributed by atoms with Crippen molar-refractivity contribution in [2.24, 2.45) is 0 Å². The third kappa shape index (κ3) is 4.07. The lowest BCUT2D eigenvalue weighted by atomic mass is 10.2. The zero-order chi connectivity index (χ0) is 17.8. The van der Waals surface area contributed by atoms with E-state index in [1.54, 1.807) is 19.1 Å². The number of hydrazine groups is 1. The molecular formula is C16H15FN6OS. The van der Waals surface area contributed by atoms with E-state index in [0.29, 0.717) is 16.8 Å². The minimum absolute atomic E-state index is 0.0186. The molecule has 128 valence electrons. The molecule has 0 saturated heterocycles. The van der Waals surface area contributed by atoms with Crippen molar-refractivity contribution in [1.29, 1.82) is 0 Å². The van der Waals surface area contributed by atoms with Gasteiger partial charge in [-0.05, 0) is 49.0 Å². The average Bonchev–Trinajstić information content (AvgIpc) is 2.99. The van der Waals surface area contributed by atoms with Gasteiger partial charge in [0.2, 0.25) is 0 Å². The number of rotatable bonds is 3. The van der Waals surface area contributed by atoms with E-state index < -0.39 is 0 Å². The Kier molecular flexibility index (Phi) is 4.85. The fraction of sp³-hybridized carbons (Fsp3) is 0.125. The number of carbonyl (C=O) groups is 1. The lowest BCUT2D eigenvalue weighted by Gasteiger charge is -2.12. The van der Waals surface area contributed by atoms with Gasteiger partial charge in [0.15, 0.2) is 5.11 Å². The molecule has 0 aliphatic carbocycles. The highest BCUT2D eigenvalue weighted by Gasteiger charge is 2.09. The summed E-state index contributed by atoms with van der Waals surface area (Å²) >= 11 is 5.06. The number of hydrogen-bond donors (Lipinski definition) is 3. The lowest BCUT2D eigenvalue weighted by molar-refractivity contribution is -0.122. The molecule has 0 bridgehead atoms. The molecule has 2 aromatic carbocycles. The van der Waals surface area contributed by atoms with Crippen molar-refractivity contribution in [2.45, 2.75) is 13.5 Å². The summed E-state index contributed by atoms with van der Waals surface area (Å²) in [4.78, 5) is 12.0. The van der Waals surface area contributed by atoms with Gasteiger partial charge in [-0.25, -0.2) is 9.07 Å². The summed E-state index contributed by atoms with van der Waals surface area (Å²) in [5.74, 6) is -0.690. The smallest absolute Gasteiger partial charge is 0.260 e. The summed E-state index contributed by atoms with van der Waals surface area (Å²) < 4.78 is 15.0. The highest BCUT2D eigenvalue weighted by atomic mass is 32.1. The summed E-state index contributed by atoms with van der Waals surface area (Å²) in [6.07, 6.45) is 0. The third-order valence-corrected chi connectivity index (χ3v) is 3.66. The molecule has 0 aliphatic heterocycles. The number of para-hydroxylation sites is 1. The van der Waals surface area contributed by atoms with Crippen LogP contribution in [0.2, 0.25) is 0 Å². The molecule has 0 aliphatic rings. The highest BCUT2D eigenvalue weighted by Crippen LogP contribution is 2.13. The van der Waals surface area contributed by atoms with E-state index in [2.05, 4.69) is 26.5 Å². The molecule has 3 aromatic rings. The number of thiocarbonyl (C=S) groups is 1. The Bertz CT molecular complexity index is 941. The van der Waals surface area contributed by atoms with Crippen LogP contribution in [0.1, 0.15) is 5.56 Å². The van der Waals surface area contributed by atoms with Crippen molar-refractivity contribution in [3.05, 3.63) is 53.8 Å². The number of halogens is 1. The molecule has 0 fully saturated rings. The normalized spacial score (nSPS) is 10.5. The fourth-order valence-electron chi connectivity index (χ4n) is 2.17. The van der Waals surface area contributed by atoms with E-state index in [0.717, 1.165) is 5.52 Å². The van der Waals surface area contributed by atoms with Crippen molar-refractivity contribution in [2.75, 3.05) is 5.32 Å². The van der Waals surface area contributed by atoms with Crippen LogP contribution in [0.25, 0.3) is 11.0 Å². The molecular weight excluding hydrogens is 343 g/mol. The van der Waals surface area contributed by atoms with Crippen LogP contribution < -0.4 is 16.2 Å². The van der Waals surface area contributed by atoms with Crippen LogP contribution in [0.4, 0.5) is 10.1 Å². The zero-order valence-electron chi connectivity index (χ0n) is 13.3. The van der Waals surface area contributed by atoms with Crippen LogP contribution in [-0.4, -0.2) is 26.0 Å². The summed E-state index contributed by atoms with van der Waals surface area (Å²) in [6, 6.07) is 12.0. The Morgan fingerprint density at radius 1 is 1.24 bits per heavy atom. The summed E-state index contributed by atoms with van der Waals surface area (Å²) in [5.41, 5.74) is 7.51. The van der Waals surface area contributed by atoms with E-state index in [9.17, 15) is 9.18 Å². The molecule has 0 spiro atoms. The maximum absolute atomic E-state index is 13.5. The van der Waals surface area contributed by atoms with Gasteiger partial charge in [0.25, 0.3) is 5.91 Å². The molecule has 7 nitrogen and oxygen atoms in total. The topological polar surface area (TPSA) is 83.9 Å². The van der Waals surface area contributed by atoms with Gasteiger partial charge in [-0.1, -0.05) is 23.4 Å². The summed E-state index contributed by atoms with van der Waals surface area (Å²) in [7, 11) is 0. The van der Waals surface area contributed by atoms with E-state index in [1.165, 1.54) is 10.7 Å². The second-order valence-electron chi connectivity index (χ2n) is 5.33. The van der Waals surface area contributed by atoms with Gasteiger partial charge in [0, 0.05) is 5.69 Å². The number of amides is 1. The molecule has 25 heavy (non-hydrogen) atoms. The second kappa shape index (κ2) is 7.22. The Morgan fingerprint density at radius 3 is 2.84 bits per heavy atom. The average molecular weight is 358 g/mol. The standard InChI is InChI=1S/C16H15FN6OS/c1-10-6-7-11(8-12(10)17)18-16(25)21-20-15(24)9-23-14-5-3-2-4-13(14)19-22-23/h2-8H,9H2,1H3,(H,20,24)(H2,18,21,25). The van der Waals surface area contributed by atoms with Gasteiger partial charge in [0.05, 0.1) is 5.52 Å². The number of hydrogen-bond acceptors (Lipinski definition) is 4. The van der Waals surface area contributed by atoms with Crippen LogP contribution >= 0.6 is 12.2 Å². The van der Waals surface area contributed by atoms with Gasteiger partial charge < -0.3 is 5.32 Å². The third-order valence-electron chi connectivity index (χ3n) is 3.46. The molecule has 0 unspecified atom stereocenters. The first-order chi connectivity index (χ1) is 12.0. The van der Waals surface area contributed by atoms with Crippen LogP contribution in [0.15, 0.2) is 42.5 Å². The maximum Gasteiger partial charge on any atom is 0.260 e. The Hall–Kier alpha value is -3.07. The molecule has 1 aromatic heterocycles. The van der Waals surface area contributed by atoms with Crippen molar-refractivity contribution in [3.8, 4) is 0 Å². The Balaban J connectivity index is 1.53. The SMILES string of the molecule is Cc1ccc(NC(=S)NNC(=O)Cn2nnc3ccccc32)cc1F. The largest absolute Gasteiger partial charge is 0.331 e. The molecule has 0 radical (unpaired) electrons. The van der Waals surface area contributed by atoms with Crippen LogP contribution in [0.5, 0.6) is 0 Å². The Morgan fingerprint density at radius 2 is 2.04 bits per heavy atom. The first kappa shape index (κ1) is 16.8. The minimum atomic E-state index is -0.352. The molecule has 0 saturated carbocycles. The van der Waals surface area contributed by atoms with Crippen molar-refractivity contribution in [1.82, 2.24) is 25.8 Å². The summed E-state index contributed by atoms with van der Waals surface area (Å²) in [5, 5.41) is 10.8. The zero-order valence-corrected chi connectivity index (χ0v) is 14.1. The van der Waals surface area contributed by atoms with Crippen LogP contribution in [0, 0.1) is 12.7 Å². The van der Waals surface area contributed by atoms with E-state index in [4.69, 9.17) is 12.2 Å². The number of aromatic nitrogens is 3. The number of aryl methyl sites for hydroxylation is 1. The number of nitrogens with one attached hydrogen (secondary N) is 3. The van der Waals surface area contributed by atoms with Crippen LogP contribution in [-0.2, 0) is 11.3 Å². The number of anilines is 1. The van der Waals surface area contributed by atoms with Gasteiger partial charge in [-0.3, -0.25) is 15.6 Å². The first-order valence-corrected chi connectivity index (χ1v) is 7.84. The van der Waals surface area contributed by atoms with Gasteiger partial charge in [0.1, 0.15) is 17.9 Å². The minimum Gasteiger partial charge on any atom is -0.331 e. The van der Waals surface area contributed by atoms with Gasteiger partial charge >= 0.3 is 0 Å². The molecule has 1 amide bonds. The predicted octanol–water partition coefficient (Wildman–Crippen LogP) is 1.90. The monoisotopic (exact) mass is 358 g/mol. The van der Waals surface area contributed by atoms with Crippen molar-refractivity contribution >= 4 is 40.0 Å². The lowest BCUT2D eigenvalue weighted by Crippen LogP contribution is -2.45. The molecule has 3 N–H and O–H groups in total. The summed E-state index contributed by atoms with van der Waals surface area (Å²) in [6.45, 7) is 1.65.